The zero-order valence-electron chi connectivity index (χ0n) is 11.4. The molecule has 1 fully saturated rings. The number of hydrogen-bond donors (Lipinski definition) is 2. The maximum absolute atomic E-state index is 5.86. The molecule has 0 aliphatic heterocycles. The van der Waals surface area contributed by atoms with E-state index in [1.807, 2.05) is 0 Å². The molecule has 0 amide bonds. The second-order valence-electron chi connectivity index (χ2n) is 5.80. The van der Waals surface area contributed by atoms with Crippen molar-refractivity contribution in [1.82, 2.24) is 5.32 Å². The minimum Gasteiger partial charge on any atom is -0.378 e. The topological polar surface area (TPSA) is 47.3 Å². The molecule has 0 aromatic rings. The molecule has 1 aliphatic carbocycles. The maximum atomic E-state index is 5.86. The Morgan fingerprint density at radius 2 is 2.06 bits per heavy atom. The van der Waals surface area contributed by atoms with Gasteiger partial charge in [-0.2, -0.15) is 0 Å². The van der Waals surface area contributed by atoms with Gasteiger partial charge in [0.05, 0.1) is 6.10 Å². The minimum absolute atomic E-state index is 0.258. The fourth-order valence-corrected chi connectivity index (χ4v) is 2.23. The molecule has 16 heavy (non-hydrogen) atoms. The van der Waals surface area contributed by atoms with Crippen LogP contribution in [0.3, 0.4) is 0 Å². The molecule has 0 aromatic heterocycles. The number of nitrogens with one attached hydrogen (secondary N) is 1. The van der Waals surface area contributed by atoms with Crippen molar-refractivity contribution in [1.29, 1.82) is 0 Å². The Morgan fingerprint density at radius 3 is 2.50 bits per heavy atom. The fraction of sp³-hybridized carbons (Fsp3) is 1.00. The standard InChI is InChI=1S/C13H28N2O/c1-6-16-12-7-11(13(12,4)5)15-8-9(2)10(3)14/h9-12,15H,6-8,14H2,1-5H3. The van der Waals surface area contributed by atoms with Crippen LogP contribution in [0.4, 0.5) is 0 Å². The summed E-state index contributed by atoms with van der Waals surface area (Å²) in [5.74, 6) is 0.530. The van der Waals surface area contributed by atoms with Gasteiger partial charge in [-0.3, -0.25) is 0 Å². The summed E-state index contributed by atoms with van der Waals surface area (Å²) in [5.41, 5.74) is 6.12. The van der Waals surface area contributed by atoms with Gasteiger partial charge in [-0.15, -0.1) is 0 Å². The lowest BCUT2D eigenvalue weighted by Gasteiger charge is -2.52. The maximum Gasteiger partial charge on any atom is 0.0655 e. The van der Waals surface area contributed by atoms with Crippen molar-refractivity contribution in [3.05, 3.63) is 0 Å². The van der Waals surface area contributed by atoms with Crippen LogP contribution in [-0.2, 0) is 4.74 Å². The highest BCUT2D eigenvalue weighted by Crippen LogP contribution is 2.42. The van der Waals surface area contributed by atoms with Crippen LogP contribution in [0.25, 0.3) is 0 Å². The molecule has 0 bridgehead atoms. The van der Waals surface area contributed by atoms with Gasteiger partial charge in [0.25, 0.3) is 0 Å². The third-order valence-corrected chi connectivity index (χ3v) is 4.13. The van der Waals surface area contributed by atoms with Gasteiger partial charge in [0.2, 0.25) is 0 Å². The summed E-state index contributed by atoms with van der Waals surface area (Å²) in [4.78, 5) is 0. The van der Waals surface area contributed by atoms with E-state index in [1.165, 1.54) is 0 Å². The molecule has 0 saturated heterocycles. The lowest BCUT2D eigenvalue weighted by atomic mass is 9.64. The SMILES string of the molecule is CCOC1CC(NCC(C)C(C)N)C1(C)C. The molecule has 1 rings (SSSR count). The van der Waals surface area contributed by atoms with E-state index in [2.05, 4.69) is 39.9 Å². The molecule has 4 unspecified atom stereocenters. The van der Waals surface area contributed by atoms with E-state index in [0.717, 1.165) is 19.6 Å². The Labute approximate surface area is 100 Å². The second kappa shape index (κ2) is 5.48. The van der Waals surface area contributed by atoms with Gasteiger partial charge in [0.15, 0.2) is 0 Å². The van der Waals surface area contributed by atoms with Gasteiger partial charge in [0, 0.05) is 24.1 Å². The zero-order valence-corrected chi connectivity index (χ0v) is 11.4. The third-order valence-electron chi connectivity index (χ3n) is 4.13. The van der Waals surface area contributed by atoms with Crippen molar-refractivity contribution >= 4 is 0 Å². The summed E-state index contributed by atoms with van der Waals surface area (Å²) >= 11 is 0. The molecular weight excluding hydrogens is 200 g/mol. The van der Waals surface area contributed by atoms with Gasteiger partial charge >= 0.3 is 0 Å². The smallest absolute Gasteiger partial charge is 0.0655 e. The Balaban J connectivity index is 2.31. The summed E-state index contributed by atoms with van der Waals surface area (Å²) < 4.78 is 5.71. The lowest BCUT2D eigenvalue weighted by molar-refractivity contribution is -0.114. The van der Waals surface area contributed by atoms with E-state index in [1.54, 1.807) is 0 Å². The molecule has 0 spiro atoms. The normalized spacial score (nSPS) is 31.9. The third kappa shape index (κ3) is 2.96. The molecule has 0 heterocycles. The lowest BCUT2D eigenvalue weighted by Crippen LogP contribution is -2.61. The zero-order chi connectivity index (χ0) is 12.3. The summed E-state index contributed by atoms with van der Waals surface area (Å²) in [6.45, 7) is 12.7. The van der Waals surface area contributed by atoms with Gasteiger partial charge in [-0.25, -0.2) is 0 Å². The first-order chi connectivity index (χ1) is 7.39. The molecule has 3 nitrogen and oxygen atoms in total. The van der Waals surface area contributed by atoms with Crippen molar-refractivity contribution in [2.75, 3.05) is 13.2 Å². The highest BCUT2D eigenvalue weighted by atomic mass is 16.5. The molecule has 0 radical (unpaired) electrons. The van der Waals surface area contributed by atoms with Crippen molar-refractivity contribution in [3.63, 3.8) is 0 Å². The van der Waals surface area contributed by atoms with Gasteiger partial charge in [0.1, 0.15) is 0 Å². The Bertz CT molecular complexity index is 216. The number of rotatable bonds is 6. The fourth-order valence-electron chi connectivity index (χ4n) is 2.23. The minimum atomic E-state index is 0.258. The van der Waals surface area contributed by atoms with E-state index >= 15 is 0 Å². The van der Waals surface area contributed by atoms with Crippen molar-refractivity contribution < 1.29 is 4.74 Å². The highest BCUT2D eigenvalue weighted by Gasteiger charge is 2.48. The van der Waals surface area contributed by atoms with Crippen LogP contribution in [0.15, 0.2) is 0 Å². The van der Waals surface area contributed by atoms with E-state index < -0.39 is 0 Å². The Morgan fingerprint density at radius 1 is 1.44 bits per heavy atom. The van der Waals surface area contributed by atoms with Crippen LogP contribution in [-0.4, -0.2) is 31.3 Å². The Hall–Kier alpha value is -0.120. The number of ether oxygens (including phenoxy) is 1. The monoisotopic (exact) mass is 228 g/mol. The van der Waals surface area contributed by atoms with Crippen LogP contribution in [0.1, 0.15) is 41.0 Å². The average molecular weight is 228 g/mol. The van der Waals surface area contributed by atoms with E-state index in [0.29, 0.717) is 18.1 Å². The Kier molecular flexibility index (Phi) is 4.77. The molecule has 4 atom stereocenters. The van der Waals surface area contributed by atoms with E-state index in [-0.39, 0.29) is 11.5 Å². The van der Waals surface area contributed by atoms with Crippen molar-refractivity contribution in [3.8, 4) is 0 Å². The molecule has 3 N–H and O–H groups in total. The largest absolute Gasteiger partial charge is 0.378 e. The second-order valence-corrected chi connectivity index (χ2v) is 5.80. The van der Waals surface area contributed by atoms with Gasteiger partial charge in [-0.05, 0) is 32.7 Å². The first kappa shape index (κ1) is 13.9. The summed E-state index contributed by atoms with van der Waals surface area (Å²) in [5, 5.41) is 3.62. The number of nitrogens with two attached hydrogens (primary N) is 1. The van der Waals surface area contributed by atoms with Crippen molar-refractivity contribution in [2.24, 2.45) is 17.1 Å². The number of hydrogen-bond acceptors (Lipinski definition) is 3. The molecule has 3 heteroatoms. The highest BCUT2D eigenvalue weighted by molar-refractivity contribution is 5.02. The van der Waals surface area contributed by atoms with Crippen LogP contribution >= 0.6 is 0 Å². The van der Waals surface area contributed by atoms with E-state index in [4.69, 9.17) is 10.5 Å². The average Bonchev–Trinajstić information content (AvgIpc) is 2.21. The van der Waals surface area contributed by atoms with Crippen LogP contribution in [0, 0.1) is 11.3 Å². The summed E-state index contributed by atoms with van der Waals surface area (Å²) in [6, 6.07) is 0.837. The van der Waals surface area contributed by atoms with Crippen LogP contribution in [0.2, 0.25) is 0 Å². The predicted octanol–water partition coefficient (Wildman–Crippen LogP) is 1.76. The summed E-state index contributed by atoms with van der Waals surface area (Å²) in [7, 11) is 0. The predicted molar refractivity (Wildman–Crippen MR) is 68.4 cm³/mol. The molecule has 1 saturated carbocycles. The van der Waals surface area contributed by atoms with Gasteiger partial charge in [-0.1, -0.05) is 20.8 Å². The molecule has 1 aliphatic rings. The molecule has 0 aromatic carbocycles. The van der Waals surface area contributed by atoms with Crippen LogP contribution < -0.4 is 11.1 Å². The van der Waals surface area contributed by atoms with Gasteiger partial charge < -0.3 is 15.8 Å². The molecular formula is C13H28N2O. The first-order valence-corrected chi connectivity index (χ1v) is 6.50. The quantitative estimate of drug-likeness (QED) is 0.728. The first-order valence-electron chi connectivity index (χ1n) is 6.50. The van der Waals surface area contributed by atoms with Crippen molar-refractivity contribution in [2.45, 2.75) is 59.2 Å². The molecule has 96 valence electrons. The van der Waals surface area contributed by atoms with Crippen LogP contribution in [0.5, 0.6) is 0 Å². The summed E-state index contributed by atoms with van der Waals surface area (Å²) in [6.07, 6.45) is 1.55. The van der Waals surface area contributed by atoms with E-state index in [9.17, 15) is 0 Å².